The molecule has 2 aliphatic rings. The lowest BCUT2D eigenvalue weighted by Gasteiger charge is -2.35. The highest BCUT2D eigenvalue weighted by Crippen LogP contribution is 2.22. The highest BCUT2D eigenvalue weighted by atomic mass is 16.3. The minimum atomic E-state index is -0.0405. The third kappa shape index (κ3) is 3.31. The zero-order valence-corrected chi connectivity index (χ0v) is 14.5. The van der Waals surface area contributed by atoms with Crippen LogP contribution in [0, 0.1) is 6.92 Å². The van der Waals surface area contributed by atoms with Gasteiger partial charge in [0.05, 0.1) is 6.26 Å². The van der Waals surface area contributed by atoms with E-state index in [2.05, 4.69) is 14.8 Å². The van der Waals surface area contributed by atoms with Gasteiger partial charge >= 0.3 is 0 Å². The van der Waals surface area contributed by atoms with Crippen molar-refractivity contribution >= 4 is 17.7 Å². The van der Waals surface area contributed by atoms with E-state index in [1.54, 1.807) is 12.1 Å². The summed E-state index contributed by atoms with van der Waals surface area (Å²) in [4.78, 5) is 28.1. The van der Waals surface area contributed by atoms with E-state index >= 15 is 0 Å². The van der Waals surface area contributed by atoms with Crippen LogP contribution in [0.2, 0.25) is 0 Å². The molecule has 25 heavy (non-hydrogen) atoms. The van der Waals surface area contributed by atoms with Crippen LogP contribution in [0.3, 0.4) is 0 Å². The van der Waals surface area contributed by atoms with Crippen LogP contribution < -0.4 is 9.80 Å². The highest BCUT2D eigenvalue weighted by Gasteiger charge is 2.25. The maximum atomic E-state index is 12.4. The Kier molecular flexibility index (Phi) is 4.29. The van der Waals surface area contributed by atoms with Crippen molar-refractivity contribution in [3.8, 4) is 0 Å². The number of nitrogens with zero attached hydrogens (tertiary/aromatic N) is 5. The number of carbonyl (C=O) groups excluding carboxylic acids is 1. The lowest BCUT2D eigenvalue weighted by atomic mass is 10.2. The molecule has 2 aromatic heterocycles. The van der Waals surface area contributed by atoms with Crippen LogP contribution in [-0.4, -0.2) is 60.0 Å². The fourth-order valence-electron chi connectivity index (χ4n) is 3.45. The fourth-order valence-corrected chi connectivity index (χ4v) is 3.45. The van der Waals surface area contributed by atoms with E-state index in [1.807, 2.05) is 17.9 Å². The molecule has 4 rings (SSSR count). The Hall–Kier alpha value is -2.57. The predicted octanol–water partition coefficient (Wildman–Crippen LogP) is 1.94. The summed E-state index contributed by atoms with van der Waals surface area (Å²) >= 11 is 0. The van der Waals surface area contributed by atoms with Crippen molar-refractivity contribution in [3.63, 3.8) is 0 Å². The molecule has 2 aromatic rings. The largest absolute Gasteiger partial charge is 0.459 e. The third-order valence-corrected chi connectivity index (χ3v) is 4.84. The molecular formula is C18H23N5O2. The second kappa shape index (κ2) is 6.74. The summed E-state index contributed by atoms with van der Waals surface area (Å²) < 4.78 is 5.22. The quantitative estimate of drug-likeness (QED) is 0.850. The van der Waals surface area contributed by atoms with Crippen LogP contribution >= 0.6 is 0 Å². The molecule has 7 nitrogen and oxygen atoms in total. The summed E-state index contributed by atoms with van der Waals surface area (Å²) in [5.74, 6) is 2.16. The number of aryl methyl sites for hydroxylation is 1. The minimum absolute atomic E-state index is 0.0405. The van der Waals surface area contributed by atoms with E-state index in [-0.39, 0.29) is 5.91 Å². The second-order valence-electron chi connectivity index (χ2n) is 6.62. The Morgan fingerprint density at radius 1 is 1.04 bits per heavy atom. The van der Waals surface area contributed by atoms with E-state index in [1.165, 1.54) is 19.1 Å². The average molecular weight is 341 g/mol. The molecule has 0 aliphatic carbocycles. The van der Waals surface area contributed by atoms with Gasteiger partial charge in [0.2, 0.25) is 5.95 Å². The molecule has 0 radical (unpaired) electrons. The molecular weight excluding hydrogens is 318 g/mol. The zero-order chi connectivity index (χ0) is 17.2. The number of amides is 1. The third-order valence-electron chi connectivity index (χ3n) is 4.84. The number of hydrogen-bond donors (Lipinski definition) is 0. The molecule has 0 aromatic carbocycles. The van der Waals surface area contributed by atoms with Gasteiger partial charge in [-0.2, -0.15) is 4.98 Å². The molecule has 132 valence electrons. The van der Waals surface area contributed by atoms with Gasteiger partial charge in [-0.3, -0.25) is 4.79 Å². The molecule has 4 heterocycles. The molecule has 7 heteroatoms. The van der Waals surface area contributed by atoms with Gasteiger partial charge in [-0.1, -0.05) is 0 Å². The number of rotatable bonds is 3. The lowest BCUT2D eigenvalue weighted by molar-refractivity contribution is 0.0714. The number of anilines is 2. The van der Waals surface area contributed by atoms with Gasteiger partial charge in [0, 0.05) is 51.0 Å². The van der Waals surface area contributed by atoms with Gasteiger partial charge in [-0.15, -0.1) is 0 Å². The summed E-state index contributed by atoms with van der Waals surface area (Å²) in [6, 6.07) is 5.49. The Bertz CT molecular complexity index is 732. The highest BCUT2D eigenvalue weighted by molar-refractivity contribution is 5.91. The molecule has 0 bridgehead atoms. The molecule has 0 N–H and O–H groups in total. The normalized spacial score (nSPS) is 18.0. The molecule has 0 unspecified atom stereocenters. The first kappa shape index (κ1) is 15.9. The SMILES string of the molecule is Cc1cc(N2CCN(C(=O)c3ccco3)CC2)nc(N2CCCC2)n1. The number of piperazine rings is 1. The van der Waals surface area contributed by atoms with Crippen molar-refractivity contribution in [3.05, 3.63) is 35.9 Å². The van der Waals surface area contributed by atoms with E-state index in [0.717, 1.165) is 43.6 Å². The van der Waals surface area contributed by atoms with Crippen molar-refractivity contribution in [1.29, 1.82) is 0 Å². The van der Waals surface area contributed by atoms with Gasteiger partial charge < -0.3 is 19.1 Å². The standard InChI is InChI=1S/C18H23N5O2/c1-14-13-16(20-18(19-14)23-6-2-3-7-23)21-8-10-22(11-9-21)17(24)15-5-4-12-25-15/h4-5,12-13H,2-3,6-11H2,1H3. The zero-order valence-electron chi connectivity index (χ0n) is 14.5. The molecule has 2 fully saturated rings. The van der Waals surface area contributed by atoms with Gasteiger partial charge in [-0.25, -0.2) is 4.98 Å². The lowest BCUT2D eigenvalue weighted by Crippen LogP contribution is -2.49. The van der Waals surface area contributed by atoms with E-state index in [0.29, 0.717) is 18.8 Å². The minimum Gasteiger partial charge on any atom is -0.459 e. The molecule has 0 spiro atoms. The van der Waals surface area contributed by atoms with Crippen LogP contribution in [0.5, 0.6) is 0 Å². The second-order valence-corrected chi connectivity index (χ2v) is 6.62. The molecule has 2 saturated heterocycles. The summed E-state index contributed by atoms with van der Waals surface area (Å²) in [6.07, 6.45) is 3.95. The van der Waals surface area contributed by atoms with Gasteiger partial charge in [0.1, 0.15) is 5.82 Å². The van der Waals surface area contributed by atoms with Gasteiger partial charge in [-0.05, 0) is 31.9 Å². The number of carbonyl (C=O) groups is 1. The Balaban J connectivity index is 1.44. The van der Waals surface area contributed by atoms with E-state index in [4.69, 9.17) is 9.40 Å². The first-order valence-corrected chi connectivity index (χ1v) is 8.89. The summed E-state index contributed by atoms with van der Waals surface area (Å²) in [5.41, 5.74) is 0.987. The van der Waals surface area contributed by atoms with Crippen molar-refractivity contribution in [2.45, 2.75) is 19.8 Å². The van der Waals surface area contributed by atoms with Crippen molar-refractivity contribution in [2.24, 2.45) is 0 Å². The Labute approximate surface area is 147 Å². The molecule has 0 atom stereocenters. The summed E-state index contributed by atoms with van der Waals surface area (Å²) in [6.45, 7) is 6.96. The van der Waals surface area contributed by atoms with Crippen LogP contribution in [0.25, 0.3) is 0 Å². The van der Waals surface area contributed by atoms with Crippen molar-refractivity contribution < 1.29 is 9.21 Å². The number of hydrogen-bond acceptors (Lipinski definition) is 6. The first-order valence-electron chi connectivity index (χ1n) is 8.89. The van der Waals surface area contributed by atoms with Gasteiger partial charge in [0.15, 0.2) is 5.76 Å². The summed E-state index contributed by atoms with van der Waals surface area (Å²) in [7, 11) is 0. The van der Waals surface area contributed by atoms with Gasteiger partial charge in [0.25, 0.3) is 5.91 Å². The van der Waals surface area contributed by atoms with E-state index in [9.17, 15) is 4.79 Å². The van der Waals surface area contributed by atoms with Crippen molar-refractivity contribution in [2.75, 3.05) is 49.1 Å². The Morgan fingerprint density at radius 3 is 2.48 bits per heavy atom. The number of furan rings is 1. The maximum absolute atomic E-state index is 12.4. The average Bonchev–Trinajstić information content (AvgIpc) is 3.34. The molecule has 0 saturated carbocycles. The first-order chi connectivity index (χ1) is 12.2. The predicted molar refractivity (Wildman–Crippen MR) is 95.0 cm³/mol. The van der Waals surface area contributed by atoms with Crippen LogP contribution in [0.15, 0.2) is 28.9 Å². The maximum Gasteiger partial charge on any atom is 0.289 e. The number of aromatic nitrogens is 2. The van der Waals surface area contributed by atoms with Crippen molar-refractivity contribution in [1.82, 2.24) is 14.9 Å². The Morgan fingerprint density at radius 2 is 1.80 bits per heavy atom. The fraction of sp³-hybridized carbons (Fsp3) is 0.500. The van der Waals surface area contributed by atoms with Crippen LogP contribution in [0.4, 0.5) is 11.8 Å². The monoisotopic (exact) mass is 341 g/mol. The molecule has 2 aliphatic heterocycles. The van der Waals surface area contributed by atoms with Crippen LogP contribution in [0.1, 0.15) is 29.1 Å². The topological polar surface area (TPSA) is 65.7 Å². The summed E-state index contributed by atoms with van der Waals surface area (Å²) in [5, 5.41) is 0. The smallest absolute Gasteiger partial charge is 0.289 e. The van der Waals surface area contributed by atoms with Crippen LogP contribution in [-0.2, 0) is 0 Å². The van der Waals surface area contributed by atoms with E-state index < -0.39 is 0 Å². The molecule has 1 amide bonds.